The number of pyridine rings is 2. The number of rotatable bonds is 9. The molecule has 0 spiro atoms. The zero-order valence-electron chi connectivity index (χ0n) is 18.8. The normalized spacial score (nSPS) is 16.8. The molecule has 1 aliphatic heterocycles. The summed E-state index contributed by atoms with van der Waals surface area (Å²) in [5, 5.41) is 9.02. The van der Waals surface area contributed by atoms with Crippen molar-refractivity contribution in [2.24, 2.45) is 5.92 Å². The molecule has 0 saturated heterocycles. The molecule has 7 heteroatoms. The second kappa shape index (κ2) is 9.20. The maximum absolute atomic E-state index is 13.2. The van der Waals surface area contributed by atoms with Crippen LogP contribution in [0.25, 0.3) is 0 Å². The highest BCUT2D eigenvalue weighted by atomic mass is 16.5. The monoisotopic (exact) mass is 435 g/mol. The summed E-state index contributed by atoms with van der Waals surface area (Å²) in [5.41, 5.74) is 3.73. The van der Waals surface area contributed by atoms with E-state index in [9.17, 15) is 9.59 Å². The van der Waals surface area contributed by atoms with Gasteiger partial charge in [0.05, 0.1) is 24.5 Å². The summed E-state index contributed by atoms with van der Waals surface area (Å²) in [6, 6.07) is 3.37. The second-order valence-corrected chi connectivity index (χ2v) is 8.65. The van der Waals surface area contributed by atoms with Gasteiger partial charge in [-0.05, 0) is 69.2 Å². The van der Waals surface area contributed by atoms with E-state index in [2.05, 4.69) is 9.97 Å². The summed E-state index contributed by atoms with van der Waals surface area (Å²) in [4.78, 5) is 36.6. The minimum Gasteiger partial charge on any atom is -0.491 e. The standard InChI is InChI=1S/C25H29N3O4/c1-15(5-4-10-29)24(30)23-20-13-28(25(31)19(20)8-9-26-23)17(3)21-11-16(2)22(12-27-21)32-14-18-6-7-18/h5,8-9,11-12,17-18,29H,4,6-7,10,13-14H2,1-3H3/b15-5+. The van der Waals surface area contributed by atoms with Crippen LogP contribution in [0.15, 0.2) is 36.2 Å². The Kier molecular flexibility index (Phi) is 6.37. The van der Waals surface area contributed by atoms with Crippen molar-refractivity contribution >= 4 is 11.7 Å². The first-order valence-corrected chi connectivity index (χ1v) is 11.1. The number of aliphatic hydroxyl groups excluding tert-OH is 1. The fraction of sp³-hybridized carbons (Fsp3) is 0.440. The number of aliphatic hydroxyl groups is 1. The van der Waals surface area contributed by atoms with Gasteiger partial charge in [-0.2, -0.15) is 0 Å². The quantitative estimate of drug-likeness (QED) is 0.476. The SMILES string of the molecule is C/C(=C\CCO)C(=O)c1nccc2c1CN(C(C)c1cc(C)c(OCC3CC3)cn1)C2=O. The Bertz CT molecular complexity index is 1070. The zero-order chi connectivity index (χ0) is 22.8. The molecule has 32 heavy (non-hydrogen) atoms. The number of hydrogen-bond donors (Lipinski definition) is 1. The van der Waals surface area contributed by atoms with Crippen LogP contribution < -0.4 is 4.74 Å². The van der Waals surface area contributed by atoms with Crippen molar-refractivity contribution in [3.63, 3.8) is 0 Å². The van der Waals surface area contributed by atoms with Gasteiger partial charge in [0, 0.05) is 30.5 Å². The molecule has 1 saturated carbocycles. The van der Waals surface area contributed by atoms with Crippen LogP contribution in [0.4, 0.5) is 0 Å². The van der Waals surface area contributed by atoms with Crippen LogP contribution in [0.1, 0.15) is 76.8 Å². The lowest BCUT2D eigenvalue weighted by molar-refractivity contribution is 0.0711. The molecule has 1 N–H and O–H groups in total. The van der Waals surface area contributed by atoms with Crippen LogP contribution in [0.3, 0.4) is 0 Å². The van der Waals surface area contributed by atoms with Crippen molar-refractivity contribution in [2.75, 3.05) is 13.2 Å². The van der Waals surface area contributed by atoms with Gasteiger partial charge < -0.3 is 14.7 Å². The molecular weight excluding hydrogens is 406 g/mol. The van der Waals surface area contributed by atoms with E-state index < -0.39 is 0 Å². The van der Waals surface area contributed by atoms with E-state index in [4.69, 9.17) is 9.84 Å². The van der Waals surface area contributed by atoms with E-state index in [1.165, 1.54) is 19.0 Å². The van der Waals surface area contributed by atoms with Crippen LogP contribution in [0, 0.1) is 12.8 Å². The highest BCUT2D eigenvalue weighted by Gasteiger charge is 2.35. The third-order valence-electron chi connectivity index (χ3n) is 6.18. The van der Waals surface area contributed by atoms with E-state index >= 15 is 0 Å². The Morgan fingerprint density at radius 1 is 1.38 bits per heavy atom. The summed E-state index contributed by atoms with van der Waals surface area (Å²) in [5.74, 6) is 1.10. The number of nitrogens with zero attached hydrogens (tertiary/aromatic N) is 3. The number of carbonyl (C=O) groups is 2. The molecule has 7 nitrogen and oxygen atoms in total. The number of amides is 1. The molecule has 4 rings (SSSR count). The Morgan fingerprint density at radius 3 is 2.84 bits per heavy atom. The lowest BCUT2D eigenvalue weighted by Crippen LogP contribution is -2.28. The van der Waals surface area contributed by atoms with Crippen molar-refractivity contribution in [2.45, 2.75) is 52.6 Å². The molecule has 3 heterocycles. The number of carbonyl (C=O) groups excluding carboxylic acids is 2. The molecule has 1 fully saturated rings. The van der Waals surface area contributed by atoms with Crippen molar-refractivity contribution in [1.29, 1.82) is 0 Å². The lowest BCUT2D eigenvalue weighted by atomic mass is 10.0. The number of aryl methyl sites for hydroxylation is 1. The van der Waals surface area contributed by atoms with Crippen LogP contribution in [-0.2, 0) is 6.54 Å². The van der Waals surface area contributed by atoms with Crippen LogP contribution in [0.2, 0.25) is 0 Å². The van der Waals surface area contributed by atoms with Crippen molar-refractivity contribution in [3.05, 3.63) is 64.3 Å². The predicted molar refractivity (Wildman–Crippen MR) is 120 cm³/mol. The number of Topliss-reactive ketones (excluding diaryl/α,β-unsaturated/α-hetero) is 1. The Labute approximate surface area is 188 Å². The number of ketones is 1. The fourth-order valence-electron chi connectivity index (χ4n) is 3.92. The van der Waals surface area contributed by atoms with E-state index in [-0.39, 0.29) is 24.3 Å². The molecule has 168 valence electrons. The molecule has 2 aromatic heterocycles. The number of allylic oxidation sites excluding steroid dienone is 1. The topological polar surface area (TPSA) is 92.6 Å². The first kappa shape index (κ1) is 22.1. The van der Waals surface area contributed by atoms with Gasteiger partial charge in [-0.3, -0.25) is 19.6 Å². The first-order chi connectivity index (χ1) is 15.4. The third kappa shape index (κ3) is 4.43. The number of aromatic nitrogens is 2. The molecule has 1 aliphatic carbocycles. The molecular formula is C25H29N3O4. The Hall–Kier alpha value is -3.06. The van der Waals surface area contributed by atoms with Gasteiger partial charge in [0.15, 0.2) is 0 Å². The molecule has 1 unspecified atom stereocenters. The number of hydrogen-bond acceptors (Lipinski definition) is 6. The summed E-state index contributed by atoms with van der Waals surface area (Å²) >= 11 is 0. The van der Waals surface area contributed by atoms with Gasteiger partial charge in [-0.25, -0.2) is 0 Å². The average Bonchev–Trinajstić information content (AvgIpc) is 3.57. The highest BCUT2D eigenvalue weighted by molar-refractivity contribution is 6.10. The van der Waals surface area contributed by atoms with E-state index in [0.717, 1.165) is 23.6 Å². The fourth-order valence-corrected chi connectivity index (χ4v) is 3.92. The van der Waals surface area contributed by atoms with Crippen LogP contribution in [-0.4, -0.2) is 44.9 Å². The van der Waals surface area contributed by atoms with E-state index in [1.54, 1.807) is 30.2 Å². The molecule has 0 bridgehead atoms. The van der Waals surface area contributed by atoms with Crippen LogP contribution in [0.5, 0.6) is 5.75 Å². The van der Waals surface area contributed by atoms with Crippen molar-refractivity contribution < 1.29 is 19.4 Å². The van der Waals surface area contributed by atoms with Gasteiger partial charge in [-0.1, -0.05) is 6.08 Å². The number of fused-ring (bicyclic) bond motifs is 1. The summed E-state index contributed by atoms with van der Waals surface area (Å²) in [6.07, 6.45) is 7.81. The highest BCUT2D eigenvalue weighted by Crippen LogP contribution is 2.34. The molecule has 2 aromatic rings. The Morgan fingerprint density at radius 2 is 2.16 bits per heavy atom. The summed E-state index contributed by atoms with van der Waals surface area (Å²) < 4.78 is 5.88. The summed E-state index contributed by atoms with van der Waals surface area (Å²) in [7, 11) is 0. The van der Waals surface area contributed by atoms with Crippen molar-refractivity contribution in [3.8, 4) is 5.75 Å². The predicted octanol–water partition coefficient (Wildman–Crippen LogP) is 3.80. The first-order valence-electron chi connectivity index (χ1n) is 11.1. The smallest absolute Gasteiger partial charge is 0.255 e. The Balaban J connectivity index is 1.54. The third-order valence-corrected chi connectivity index (χ3v) is 6.18. The molecule has 2 aliphatic rings. The van der Waals surface area contributed by atoms with Gasteiger partial charge >= 0.3 is 0 Å². The van der Waals surface area contributed by atoms with E-state index in [0.29, 0.717) is 41.3 Å². The van der Waals surface area contributed by atoms with Crippen molar-refractivity contribution in [1.82, 2.24) is 14.9 Å². The second-order valence-electron chi connectivity index (χ2n) is 8.65. The molecule has 1 amide bonds. The molecule has 1 atom stereocenters. The summed E-state index contributed by atoms with van der Waals surface area (Å²) in [6.45, 7) is 6.65. The maximum Gasteiger partial charge on any atom is 0.255 e. The molecule has 0 aromatic carbocycles. The minimum absolute atomic E-state index is 0.0223. The van der Waals surface area contributed by atoms with E-state index in [1.807, 2.05) is 19.9 Å². The van der Waals surface area contributed by atoms with Crippen LogP contribution >= 0.6 is 0 Å². The zero-order valence-corrected chi connectivity index (χ0v) is 18.8. The van der Waals surface area contributed by atoms with Gasteiger partial charge in [0.25, 0.3) is 5.91 Å². The largest absolute Gasteiger partial charge is 0.491 e. The maximum atomic E-state index is 13.2. The van der Waals surface area contributed by atoms with Gasteiger partial charge in [0.2, 0.25) is 5.78 Å². The van der Waals surface area contributed by atoms with Gasteiger partial charge in [0.1, 0.15) is 11.4 Å². The minimum atomic E-state index is -0.264. The van der Waals surface area contributed by atoms with Gasteiger partial charge in [-0.15, -0.1) is 0 Å². The average molecular weight is 436 g/mol. The number of ether oxygens (including phenoxy) is 1. The molecule has 0 radical (unpaired) electrons. The lowest BCUT2D eigenvalue weighted by Gasteiger charge is -2.24.